The van der Waals surface area contributed by atoms with Crippen LogP contribution in [0.15, 0.2) is 42.6 Å². The number of carbonyl (C=O) groups is 1. The fourth-order valence-electron chi connectivity index (χ4n) is 1.96. The van der Waals surface area contributed by atoms with Crippen molar-refractivity contribution in [1.82, 2.24) is 9.88 Å². The quantitative estimate of drug-likeness (QED) is 0.857. The summed E-state index contributed by atoms with van der Waals surface area (Å²) in [5.41, 5.74) is 3.05. The molecule has 2 rings (SSSR count). The van der Waals surface area contributed by atoms with Gasteiger partial charge in [-0.2, -0.15) is 5.26 Å². The van der Waals surface area contributed by atoms with Gasteiger partial charge in [-0.1, -0.05) is 29.8 Å². The zero-order chi connectivity index (χ0) is 14.5. The summed E-state index contributed by atoms with van der Waals surface area (Å²) in [7, 11) is 1.75. The van der Waals surface area contributed by atoms with Gasteiger partial charge in [-0.05, 0) is 24.6 Å². The fraction of sp³-hybridized carbons (Fsp3) is 0.188. The highest BCUT2D eigenvalue weighted by molar-refractivity contribution is 5.93. The number of aryl methyl sites for hydroxylation is 1. The zero-order valence-electron chi connectivity index (χ0n) is 11.5. The maximum atomic E-state index is 12.2. The van der Waals surface area contributed by atoms with Crippen LogP contribution in [0.3, 0.4) is 0 Å². The monoisotopic (exact) mass is 265 g/mol. The SMILES string of the molecule is Cc1cccc(CN(C)C(=O)c2ccc(C#N)nc2)c1. The molecule has 0 spiro atoms. The van der Waals surface area contributed by atoms with Crippen LogP contribution in [0.2, 0.25) is 0 Å². The Kier molecular flexibility index (Phi) is 4.11. The topological polar surface area (TPSA) is 57.0 Å². The Hall–Kier alpha value is -2.67. The molecule has 1 aromatic carbocycles. The molecule has 0 saturated carbocycles. The molecule has 1 aromatic heterocycles. The second-order valence-corrected chi connectivity index (χ2v) is 4.69. The van der Waals surface area contributed by atoms with Gasteiger partial charge in [-0.15, -0.1) is 0 Å². The van der Waals surface area contributed by atoms with E-state index in [1.165, 1.54) is 11.8 Å². The Bertz CT molecular complexity index is 656. The van der Waals surface area contributed by atoms with E-state index in [4.69, 9.17) is 5.26 Å². The molecular weight excluding hydrogens is 250 g/mol. The number of nitrogens with zero attached hydrogens (tertiary/aromatic N) is 3. The minimum absolute atomic E-state index is 0.108. The number of carbonyl (C=O) groups excluding carboxylic acids is 1. The van der Waals surface area contributed by atoms with Gasteiger partial charge in [0, 0.05) is 19.8 Å². The molecule has 0 fully saturated rings. The lowest BCUT2D eigenvalue weighted by Crippen LogP contribution is -2.26. The largest absolute Gasteiger partial charge is 0.337 e. The van der Waals surface area contributed by atoms with Crippen molar-refractivity contribution in [1.29, 1.82) is 5.26 Å². The van der Waals surface area contributed by atoms with Crippen LogP contribution in [-0.4, -0.2) is 22.8 Å². The predicted octanol–water partition coefficient (Wildman–Crippen LogP) is 2.53. The van der Waals surface area contributed by atoms with E-state index in [9.17, 15) is 4.79 Å². The molecule has 0 N–H and O–H groups in total. The highest BCUT2D eigenvalue weighted by Gasteiger charge is 2.12. The molecule has 0 atom stereocenters. The summed E-state index contributed by atoms with van der Waals surface area (Å²) in [5.74, 6) is -0.108. The second-order valence-electron chi connectivity index (χ2n) is 4.69. The summed E-state index contributed by atoms with van der Waals surface area (Å²) in [4.78, 5) is 17.8. The Labute approximate surface area is 118 Å². The number of hydrogen-bond acceptors (Lipinski definition) is 3. The maximum absolute atomic E-state index is 12.2. The van der Waals surface area contributed by atoms with Gasteiger partial charge in [0.05, 0.1) is 5.56 Å². The van der Waals surface area contributed by atoms with Gasteiger partial charge in [0.2, 0.25) is 0 Å². The van der Waals surface area contributed by atoms with Gasteiger partial charge < -0.3 is 4.90 Å². The second kappa shape index (κ2) is 5.98. The number of amides is 1. The molecule has 0 saturated heterocycles. The molecule has 0 bridgehead atoms. The van der Waals surface area contributed by atoms with Crippen molar-refractivity contribution in [3.8, 4) is 6.07 Å². The van der Waals surface area contributed by atoms with Crippen LogP contribution in [0.1, 0.15) is 27.2 Å². The summed E-state index contributed by atoms with van der Waals surface area (Å²) in [6.45, 7) is 2.57. The third-order valence-corrected chi connectivity index (χ3v) is 2.97. The van der Waals surface area contributed by atoms with Crippen LogP contribution in [0, 0.1) is 18.3 Å². The lowest BCUT2D eigenvalue weighted by molar-refractivity contribution is 0.0784. The maximum Gasteiger partial charge on any atom is 0.255 e. The van der Waals surface area contributed by atoms with Crippen molar-refractivity contribution >= 4 is 5.91 Å². The van der Waals surface area contributed by atoms with Crippen LogP contribution >= 0.6 is 0 Å². The molecule has 4 nitrogen and oxygen atoms in total. The number of benzene rings is 1. The van der Waals surface area contributed by atoms with Gasteiger partial charge in [0.25, 0.3) is 5.91 Å². The van der Waals surface area contributed by atoms with E-state index in [1.807, 2.05) is 31.2 Å². The van der Waals surface area contributed by atoms with E-state index in [1.54, 1.807) is 24.1 Å². The van der Waals surface area contributed by atoms with Crippen molar-refractivity contribution in [2.24, 2.45) is 0 Å². The first-order valence-corrected chi connectivity index (χ1v) is 6.27. The molecule has 0 radical (unpaired) electrons. The molecule has 0 aliphatic rings. The molecule has 20 heavy (non-hydrogen) atoms. The molecular formula is C16H15N3O. The van der Waals surface area contributed by atoms with Crippen LogP contribution < -0.4 is 0 Å². The molecule has 2 aromatic rings. The van der Waals surface area contributed by atoms with Crippen LogP contribution in [0.5, 0.6) is 0 Å². The molecule has 4 heteroatoms. The molecule has 0 aliphatic heterocycles. The lowest BCUT2D eigenvalue weighted by atomic mass is 10.1. The van der Waals surface area contributed by atoms with E-state index >= 15 is 0 Å². The summed E-state index contributed by atoms with van der Waals surface area (Å²) >= 11 is 0. The molecule has 0 aliphatic carbocycles. The zero-order valence-corrected chi connectivity index (χ0v) is 11.5. The van der Waals surface area contributed by atoms with Crippen molar-refractivity contribution in [2.75, 3.05) is 7.05 Å². The Balaban J connectivity index is 2.10. The minimum Gasteiger partial charge on any atom is -0.337 e. The minimum atomic E-state index is -0.108. The van der Waals surface area contributed by atoms with Gasteiger partial charge in [0.1, 0.15) is 11.8 Å². The summed E-state index contributed by atoms with van der Waals surface area (Å²) < 4.78 is 0. The first kappa shape index (κ1) is 13.8. The van der Waals surface area contributed by atoms with E-state index in [2.05, 4.69) is 11.1 Å². The van der Waals surface area contributed by atoms with Crippen molar-refractivity contribution in [3.63, 3.8) is 0 Å². The van der Waals surface area contributed by atoms with Crippen LogP contribution in [0.4, 0.5) is 0 Å². The molecule has 1 amide bonds. The number of hydrogen-bond donors (Lipinski definition) is 0. The standard InChI is InChI=1S/C16H15N3O/c1-12-4-3-5-13(8-12)11-19(2)16(20)14-6-7-15(9-17)18-10-14/h3-8,10H,11H2,1-2H3. The molecule has 100 valence electrons. The number of nitriles is 1. The summed E-state index contributed by atoms with van der Waals surface area (Å²) in [5, 5.41) is 8.69. The third-order valence-electron chi connectivity index (χ3n) is 2.97. The fourth-order valence-corrected chi connectivity index (χ4v) is 1.96. The van der Waals surface area contributed by atoms with Crippen molar-refractivity contribution in [2.45, 2.75) is 13.5 Å². The Morgan fingerprint density at radius 3 is 2.75 bits per heavy atom. The van der Waals surface area contributed by atoms with E-state index < -0.39 is 0 Å². The third kappa shape index (κ3) is 3.21. The highest BCUT2D eigenvalue weighted by Crippen LogP contribution is 2.10. The number of pyridine rings is 1. The normalized spacial score (nSPS) is 9.85. The van der Waals surface area contributed by atoms with E-state index in [0.29, 0.717) is 17.8 Å². The van der Waals surface area contributed by atoms with Crippen LogP contribution in [0.25, 0.3) is 0 Å². The van der Waals surface area contributed by atoms with Gasteiger partial charge in [0.15, 0.2) is 0 Å². The average Bonchev–Trinajstić information content (AvgIpc) is 2.46. The van der Waals surface area contributed by atoms with Gasteiger partial charge >= 0.3 is 0 Å². The molecule has 1 heterocycles. The lowest BCUT2D eigenvalue weighted by Gasteiger charge is -2.17. The van der Waals surface area contributed by atoms with Gasteiger partial charge in [-0.25, -0.2) is 4.98 Å². The predicted molar refractivity (Wildman–Crippen MR) is 75.9 cm³/mol. The number of aromatic nitrogens is 1. The van der Waals surface area contributed by atoms with E-state index in [-0.39, 0.29) is 5.91 Å². The Morgan fingerprint density at radius 1 is 1.35 bits per heavy atom. The number of rotatable bonds is 3. The molecule has 0 unspecified atom stereocenters. The van der Waals surface area contributed by atoms with E-state index in [0.717, 1.165) is 5.56 Å². The van der Waals surface area contributed by atoms with Gasteiger partial charge in [-0.3, -0.25) is 4.79 Å². The summed E-state index contributed by atoms with van der Waals surface area (Å²) in [6, 6.07) is 13.2. The van der Waals surface area contributed by atoms with Crippen molar-refractivity contribution in [3.05, 3.63) is 65.0 Å². The summed E-state index contributed by atoms with van der Waals surface area (Å²) in [6.07, 6.45) is 1.44. The first-order chi connectivity index (χ1) is 9.60. The highest BCUT2D eigenvalue weighted by atomic mass is 16.2. The Morgan fingerprint density at radius 2 is 2.15 bits per heavy atom. The van der Waals surface area contributed by atoms with Crippen LogP contribution in [-0.2, 0) is 6.54 Å². The van der Waals surface area contributed by atoms with Crippen molar-refractivity contribution < 1.29 is 4.79 Å². The first-order valence-electron chi connectivity index (χ1n) is 6.27. The smallest absolute Gasteiger partial charge is 0.255 e. The average molecular weight is 265 g/mol.